The van der Waals surface area contributed by atoms with Gasteiger partial charge in [0.25, 0.3) is 0 Å². The van der Waals surface area contributed by atoms with E-state index in [-0.39, 0.29) is 19.0 Å². The number of ketones is 1. The standard InChI is InChI=1S/C21H19NO5/c1-2-13-6-5-7-14-15(10-22-20(13)14)16(23)11-26-21(24)19-12-25-17-8-3-4-9-18(17)27-19/h3-10,19,22H,2,11-12H2,1H3. The van der Waals surface area contributed by atoms with E-state index in [1.807, 2.05) is 24.3 Å². The van der Waals surface area contributed by atoms with Crippen LogP contribution in [0.2, 0.25) is 0 Å². The Hall–Kier alpha value is -3.28. The molecular formula is C21H19NO5. The summed E-state index contributed by atoms with van der Waals surface area (Å²) in [6.07, 6.45) is 1.64. The molecule has 0 radical (unpaired) electrons. The average Bonchev–Trinajstić information content (AvgIpc) is 3.15. The lowest BCUT2D eigenvalue weighted by Gasteiger charge is -2.24. The molecular weight excluding hydrogens is 346 g/mol. The molecule has 0 amide bonds. The van der Waals surface area contributed by atoms with E-state index in [1.54, 1.807) is 24.4 Å². The van der Waals surface area contributed by atoms with Crippen molar-refractivity contribution in [2.75, 3.05) is 13.2 Å². The minimum absolute atomic E-state index is 0.0526. The van der Waals surface area contributed by atoms with Gasteiger partial charge in [-0.3, -0.25) is 4.79 Å². The third-order valence-electron chi connectivity index (χ3n) is 4.60. The van der Waals surface area contributed by atoms with Crippen LogP contribution in [0, 0.1) is 0 Å². The monoisotopic (exact) mass is 365 g/mol. The number of ether oxygens (including phenoxy) is 3. The highest BCUT2D eigenvalue weighted by Gasteiger charge is 2.29. The van der Waals surface area contributed by atoms with Gasteiger partial charge < -0.3 is 19.2 Å². The molecule has 27 heavy (non-hydrogen) atoms. The number of Topliss-reactive ketones (excluding diaryl/α,β-unsaturated/α-hetero) is 1. The van der Waals surface area contributed by atoms with Crippen molar-refractivity contribution in [3.05, 3.63) is 59.8 Å². The number of benzene rings is 2. The lowest BCUT2D eigenvalue weighted by molar-refractivity contribution is -0.153. The normalized spacial score (nSPS) is 15.5. The van der Waals surface area contributed by atoms with E-state index in [9.17, 15) is 9.59 Å². The van der Waals surface area contributed by atoms with Crippen molar-refractivity contribution in [1.82, 2.24) is 4.98 Å². The molecule has 0 spiro atoms. The van der Waals surface area contributed by atoms with Gasteiger partial charge >= 0.3 is 5.97 Å². The summed E-state index contributed by atoms with van der Waals surface area (Å²) in [5.41, 5.74) is 2.59. The Morgan fingerprint density at radius 1 is 1.15 bits per heavy atom. The first-order chi connectivity index (χ1) is 13.2. The minimum atomic E-state index is -0.887. The molecule has 1 aliphatic rings. The van der Waals surface area contributed by atoms with Crippen LogP contribution < -0.4 is 9.47 Å². The van der Waals surface area contributed by atoms with Gasteiger partial charge in [0.1, 0.15) is 6.61 Å². The molecule has 1 unspecified atom stereocenters. The zero-order chi connectivity index (χ0) is 18.8. The summed E-state index contributed by atoms with van der Waals surface area (Å²) >= 11 is 0. The Kier molecular flexibility index (Phi) is 4.54. The van der Waals surface area contributed by atoms with Gasteiger partial charge in [-0.2, -0.15) is 0 Å². The Labute approximate surface area is 156 Å². The molecule has 0 fully saturated rings. The summed E-state index contributed by atoms with van der Waals surface area (Å²) in [5.74, 6) is 0.191. The van der Waals surface area contributed by atoms with Gasteiger partial charge in [-0.25, -0.2) is 4.79 Å². The predicted molar refractivity (Wildman–Crippen MR) is 99.3 cm³/mol. The Bertz CT molecular complexity index is 1010. The average molecular weight is 365 g/mol. The zero-order valence-electron chi connectivity index (χ0n) is 14.9. The van der Waals surface area contributed by atoms with E-state index in [2.05, 4.69) is 11.9 Å². The molecule has 0 saturated carbocycles. The van der Waals surface area contributed by atoms with Crippen molar-refractivity contribution in [2.24, 2.45) is 0 Å². The minimum Gasteiger partial charge on any atom is -0.485 e. The number of aromatic amines is 1. The van der Waals surface area contributed by atoms with E-state index >= 15 is 0 Å². The highest BCUT2D eigenvalue weighted by atomic mass is 16.6. The SMILES string of the molecule is CCc1cccc2c(C(=O)COC(=O)C3COc4ccccc4O3)c[nH]c12. The van der Waals surface area contributed by atoms with Crippen molar-refractivity contribution < 1.29 is 23.8 Å². The molecule has 4 rings (SSSR count). The summed E-state index contributed by atoms with van der Waals surface area (Å²) in [6.45, 7) is 1.77. The second kappa shape index (κ2) is 7.15. The first-order valence-corrected chi connectivity index (χ1v) is 8.84. The van der Waals surface area contributed by atoms with Gasteiger partial charge in [0.15, 0.2) is 18.1 Å². The number of H-pyrrole nitrogens is 1. The van der Waals surface area contributed by atoms with Crippen LogP contribution >= 0.6 is 0 Å². The molecule has 3 aromatic rings. The molecule has 2 aromatic carbocycles. The fourth-order valence-corrected chi connectivity index (χ4v) is 3.19. The predicted octanol–water partition coefficient (Wildman–Crippen LogP) is 3.30. The van der Waals surface area contributed by atoms with Gasteiger partial charge in [-0.15, -0.1) is 0 Å². The summed E-state index contributed by atoms with van der Waals surface area (Å²) < 4.78 is 16.3. The summed E-state index contributed by atoms with van der Waals surface area (Å²) in [5, 5.41) is 0.835. The van der Waals surface area contributed by atoms with Gasteiger partial charge in [0, 0.05) is 22.7 Å². The number of rotatable bonds is 5. The number of hydrogen-bond donors (Lipinski definition) is 1. The molecule has 0 saturated heterocycles. The topological polar surface area (TPSA) is 77.6 Å². The van der Waals surface area contributed by atoms with Gasteiger partial charge in [0.05, 0.1) is 0 Å². The number of aromatic nitrogens is 1. The van der Waals surface area contributed by atoms with Crippen LogP contribution in [0.25, 0.3) is 10.9 Å². The summed E-state index contributed by atoms with van der Waals surface area (Å²) in [7, 11) is 0. The molecule has 2 heterocycles. The van der Waals surface area contributed by atoms with Crippen LogP contribution in [0.3, 0.4) is 0 Å². The van der Waals surface area contributed by atoms with Crippen LogP contribution in [-0.4, -0.2) is 36.1 Å². The van der Waals surface area contributed by atoms with Crippen molar-refractivity contribution in [3.8, 4) is 11.5 Å². The molecule has 138 valence electrons. The molecule has 1 atom stereocenters. The molecule has 1 aromatic heterocycles. The maximum absolute atomic E-state index is 12.5. The second-order valence-corrected chi connectivity index (χ2v) is 6.29. The maximum atomic E-state index is 12.5. The van der Waals surface area contributed by atoms with Crippen molar-refractivity contribution >= 4 is 22.7 Å². The number of para-hydroxylation sites is 3. The zero-order valence-corrected chi connectivity index (χ0v) is 14.9. The molecule has 6 nitrogen and oxygen atoms in total. The van der Waals surface area contributed by atoms with Gasteiger partial charge in [-0.05, 0) is 24.1 Å². The van der Waals surface area contributed by atoms with Gasteiger partial charge in [-0.1, -0.05) is 37.3 Å². The van der Waals surface area contributed by atoms with Crippen LogP contribution in [0.15, 0.2) is 48.7 Å². The third-order valence-corrected chi connectivity index (χ3v) is 4.60. The van der Waals surface area contributed by atoms with Crippen LogP contribution in [-0.2, 0) is 16.0 Å². The number of carbonyl (C=O) groups excluding carboxylic acids is 2. The van der Waals surface area contributed by atoms with Crippen LogP contribution in [0.1, 0.15) is 22.8 Å². The van der Waals surface area contributed by atoms with Crippen LogP contribution in [0.4, 0.5) is 0 Å². The fraction of sp³-hybridized carbons (Fsp3) is 0.238. The quantitative estimate of drug-likeness (QED) is 0.554. The van der Waals surface area contributed by atoms with Gasteiger partial charge in [0.2, 0.25) is 11.9 Å². The number of carbonyl (C=O) groups is 2. The van der Waals surface area contributed by atoms with Crippen molar-refractivity contribution in [2.45, 2.75) is 19.4 Å². The lowest BCUT2D eigenvalue weighted by atomic mass is 10.1. The Morgan fingerprint density at radius 2 is 1.96 bits per heavy atom. The molecule has 1 N–H and O–H groups in total. The van der Waals surface area contributed by atoms with Crippen molar-refractivity contribution in [1.29, 1.82) is 0 Å². The number of hydrogen-bond acceptors (Lipinski definition) is 5. The van der Waals surface area contributed by atoms with Crippen molar-refractivity contribution in [3.63, 3.8) is 0 Å². The van der Waals surface area contributed by atoms with E-state index in [0.717, 1.165) is 22.9 Å². The number of esters is 1. The van der Waals surface area contributed by atoms with Crippen LogP contribution in [0.5, 0.6) is 11.5 Å². The lowest BCUT2D eigenvalue weighted by Crippen LogP contribution is -2.38. The first kappa shape index (κ1) is 17.1. The summed E-state index contributed by atoms with van der Waals surface area (Å²) in [6, 6.07) is 12.9. The Balaban J connectivity index is 1.42. The highest BCUT2D eigenvalue weighted by Crippen LogP contribution is 2.31. The fourth-order valence-electron chi connectivity index (χ4n) is 3.19. The smallest absolute Gasteiger partial charge is 0.351 e. The first-order valence-electron chi connectivity index (χ1n) is 8.84. The molecule has 0 aliphatic carbocycles. The number of nitrogens with one attached hydrogen (secondary N) is 1. The molecule has 1 aliphatic heterocycles. The maximum Gasteiger partial charge on any atom is 0.351 e. The molecule has 0 bridgehead atoms. The van der Waals surface area contributed by atoms with E-state index in [0.29, 0.717) is 17.1 Å². The number of aryl methyl sites for hydroxylation is 1. The highest BCUT2D eigenvalue weighted by molar-refractivity contribution is 6.09. The van der Waals surface area contributed by atoms with E-state index < -0.39 is 12.1 Å². The molecule has 6 heteroatoms. The number of fused-ring (bicyclic) bond motifs is 2. The van der Waals surface area contributed by atoms with E-state index in [4.69, 9.17) is 14.2 Å². The summed E-state index contributed by atoms with van der Waals surface area (Å²) in [4.78, 5) is 27.9. The third kappa shape index (κ3) is 3.26. The Morgan fingerprint density at radius 3 is 2.78 bits per heavy atom. The van der Waals surface area contributed by atoms with E-state index in [1.165, 1.54) is 0 Å². The largest absolute Gasteiger partial charge is 0.485 e. The second-order valence-electron chi connectivity index (χ2n) is 6.29.